The molecule has 0 bridgehead atoms. The molecule has 0 aromatic carbocycles. The summed E-state index contributed by atoms with van der Waals surface area (Å²) in [7, 11) is 1.41. The molecule has 0 heterocycles. The van der Waals surface area contributed by atoms with Crippen molar-refractivity contribution < 1.29 is 14.3 Å². The fourth-order valence-electron chi connectivity index (χ4n) is 2.86. The van der Waals surface area contributed by atoms with Crippen molar-refractivity contribution in [1.82, 2.24) is 0 Å². The minimum atomic E-state index is -0.240. The largest absolute Gasteiger partial charge is 0.469 e. The minimum Gasteiger partial charge on any atom is -0.469 e. The molecule has 0 unspecified atom stereocenters. The van der Waals surface area contributed by atoms with Gasteiger partial charge in [0.05, 0.1) is 13.0 Å². The summed E-state index contributed by atoms with van der Waals surface area (Å²) < 4.78 is 4.80. The smallest absolute Gasteiger partial charge is 0.312 e. The van der Waals surface area contributed by atoms with Gasteiger partial charge in [-0.05, 0) is 38.3 Å². The average molecular weight is 260 g/mol. The monoisotopic (exact) mass is 260 g/mol. The number of fused-ring (bicyclic) bond motifs is 1. The fraction of sp³-hybridized carbons (Fsp3) is 0.500. The fourth-order valence-corrected chi connectivity index (χ4v) is 2.86. The van der Waals surface area contributed by atoms with Crippen LogP contribution in [0, 0.1) is 11.3 Å². The van der Waals surface area contributed by atoms with Gasteiger partial charge in [0.25, 0.3) is 0 Å². The first kappa shape index (κ1) is 13.8. The van der Waals surface area contributed by atoms with Gasteiger partial charge >= 0.3 is 5.97 Å². The first-order chi connectivity index (χ1) is 8.89. The molecular weight excluding hydrogens is 240 g/mol. The summed E-state index contributed by atoms with van der Waals surface area (Å²) in [5.74, 6) is -0.391. The van der Waals surface area contributed by atoms with Gasteiger partial charge in [0.15, 0.2) is 5.78 Å². The van der Waals surface area contributed by atoms with Crippen LogP contribution in [0.1, 0.15) is 33.6 Å². The Kier molecular flexibility index (Phi) is 3.48. The maximum Gasteiger partial charge on any atom is 0.312 e. The predicted octanol–water partition coefficient (Wildman–Crippen LogP) is 2.98. The molecule has 0 fully saturated rings. The lowest BCUT2D eigenvalue weighted by Gasteiger charge is -2.37. The lowest BCUT2D eigenvalue weighted by Crippen LogP contribution is -2.28. The molecule has 2 atom stereocenters. The van der Waals surface area contributed by atoms with Crippen LogP contribution in [0.25, 0.3) is 0 Å². The third-order valence-electron chi connectivity index (χ3n) is 4.37. The van der Waals surface area contributed by atoms with E-state index in [1.807, 2.05) is 26.0 Å². The molecule has 0 spiro atoms. The van der Waals surface area contributed by atoms with E-state index in [0.29, 0.717) is 0 Å². The van der Waals surface area contributed by atoms with E-state index in [1.54, 1.807) is 6.08 Å². The number of methoxy groups -OCH3 is 1. The Morgan fingerprint density at radius 2 is 2.16 bits per heavy atom. The standard InChI is InChI=1S/C16H20O3/c1-10(15(18)19-4)12-5-7-16(3)8-6-14(17)11(2)13(16)9-12/h6,8-10H,5,7H2,1-4H3/t10-,16-/m0/s1. The molecule has 2 aliphatic rings. The van der Waals surface area contributed by atoms with Crippen molar-refractivity contribution >= 4 is 11.8 Å². The molecule has 0 aliphatic heterocycles. The van der Waals surface area contributed by atoms with Crippen LogP contribution in [-0.2, 0) is 14.3 Å². The Morgan fingerprint density at radius 1 is 1.47 bits per heavy atom. The summed E-state index contributed by atoms with van der Waals surface area (Å²) in [6, 6.07) is 0. The van der Waals surface area contributed by atoms with Crippen LogP contribution in [0.3, 0.4) is 0 Å². The van der Waals surface area contributed by atoms with Gasteiger partial charge in [-0.2, -0.15) is 0 Å². The predicted molar refractivity (Wildman–Crippen MR) is 73.5 cm³/mol. The highest BCUT2D eigenvalue weighted by Gasteiger charge is 2.36. The summed E-state index contributed by atoms with van der Waals surface area (Å²) in [6.07, 6.45) is 7.48. The minimum absolute atomic E-state index is 0.0655. The van der Waals surface area contributed by atoms with Gasteiger partial charge in [-0.3, -0.25) is 9.59 Å². The highest BCUT2D eigenvalue weighted by molar-refractivity contribution is 6.06. The van der Waals surface area contributed by atoms with Crippen LogP contribution in [0.2, 0.25) is 0 Å². The van der Waals surface area contributed by atoms with E-state index < -0.39 is 0 Å². The quantitative estimate of drug-likeness (QED) is 0.717. The Balaban J connectivity index is 2.41. The highest BCUT2D eigenvalue weighted by atomic mass is 16.5. The summed E-state index contributed by atoms with van der Waals surface area (Å²) in [4.78, 5) is 23.4. The number of ketones is 1. The van der Waals surface area contributed by atoms with Gasteiger partial charge in [0, 0.05) is 11.0 Å². The van der Waals surface area contributed by atoms with Gasteiger partial charge in [-0.25, -0.2) is 0 Å². The first-order valence-corrected chi connectivity index (χ1v) is 6.62. The van der Waals surface area contributed by atoms with Crippen LogP contribution in [0.5, 0.6) is 0 Å². The van der Waals surface area contributed by atoms with E-state index in [2.05, 4.69) is 6.92 Å². The normalized spacial score (nSPS) is 27.8. The number of ether oxygens (including phenoxy) is 1. The molecule has 2 rings (SSSR count). The van der Waals surface area contributed by atoms with Crippen molar-refractivity contribution in [2.45, 2.75) is 33.6 Å². The van der Waals surface area contributed by atoms with Crippen molar-refractivity contribution in [3.8, 4) is 0 Å². The lowest BCUT2D eigenvalue weighted by molar-refractivity contribution is -0.143. The second-order valence-electron chi connectivity index (χ2n) is 5.62. The lowest BCUT2D eigenvalue weighted by atomic mass is 9.67. The summed E-state index contributed by atoms with van der Waals surface area (Å²) >= 11 is 0. The first-order valence-electron chi connectivity index (χ1n) is 6.62. The molecule has 0 aromatic heterocycles. The molecule has 0 amide bonds. The van der Waals surface area contributed by atoms with Crippen LogP contribution in [0.4, 0.5) is 0 Å². The Morgan fingerprint density at radius 3 is 2.79 bits per heavy atom. The van der Waals surface area contributed by atoms with Crippen molar-refractivity contribution in [2.24, 2.45) is 11.3 Å². The number of allylic oxidation sites excluding steroid dienone is 5. The molecule has 0 radical (unpaired) electrons. The molecule has 0 saturated carbocycles. The summed E-state index contributed by atoms with van der Waals surface area (Å²) in [6.45, 7) is 5.86. The molecule has 3 heteroatoms. The van der Waals surface area contributed by atoms with Gasteiger partial charge in [0.2, 0.25) is 0 Å². The molecule has 19 heavy (non-hydrogen) atoms. The Hall–Kier alpha value is -1.64. The molecule has 3 nitrogen and oxygen atoms in total. The highest BCUT2D eigenvalue weighted by Crippen LogP contribution is 2.45. The van der Waals surface area contributed by atoms with Gasteiger partial charge < -0.3 is 4.74 Å². The van der Waals surface area contributed by atoms with Gasteiger partial charge in [0.1, 0.15) is 0 Å². The second-order valence-corrected chi connectivity index (χ2v) is 5.62. The van der Waals surface area contributed by atoms with E-state index in [9.17, 15) is 9.59 Å². The molecule has 0 aromatic rings. The van der Waals surface area contributed by atoms with Crippen LogP contribution in [0.15, 0.2) is 34.9 Å². The Labute approximate surface area is 114 Å². The number of rotatable bonds is 2. The van der Waals surface area contributed by atoms with Crippen molar-refractivity contribution in [2.75, 3.05) is 7.11 Å². The van der Waals surface area contributed by atoms with Gasteiger partial charge in [-0.15, -0.1) is 0 Å². The number of hydrogen-bond acceptors (Lipinski definition) is 3. The van der Waals surface area contributed by atoms with E-state index in [4.69, 9.17) is 4.74 Å². The number of hydrogen-bond donors (Lipinski definition) is 0. The van der Waals surface area contributed by atoms with Gasteiger partial charge in [-0.1, -0.05) is 24.6 Å². The maximum atomic E-state index is 11.8. The van der Waals surface area contributed by atoms with Crippen LogP contribution < -0.4 is 0 Å². The SMILES string of the molecule is COC(=O)[C@@H](C)C1=CC2=C(C)C(=O)C=C[C@]2(C)CC1. The average Bonchev–Trinajstić information content (AvgIpc) is 2.41. The molecule has 0 saturated heterocycles. The Bertz CT molecular complexity index is 522. The van der Waals surface area contributed by atoms with E-state index in [-0.39, 0.29) is 23.1 Å². The number of esters is 1. The van der Waals surface area contributed by atoms with Crippen LogP contribution in [-0.4, -0.2) is 18.9 Å². The van der Waals surface area contributed by atoms with Crippen molar-refractivity contribution in [3.63, 3.8) is 0 Å². The number of carbonyl (C=O) groups excluding carboxylic acids is 2. The third kappa shape index (κ3) is 2.29. The van der Waals surface area contributed by atoms with Crippen molar-refractivity contribution in [3.05, 3.63) is 34.9 Å². The van der Waals surface area contributed by atoms with Crippen LogP contribution >= 0.6 is 0 Å². The zero-order valence-corrected chi connectivity index (χ0v) is 11.9. The second kappa shape index (κ2) is 4.80. The summed E-state index contributed by atoms with van der Waals surface area (Å²) in [5.41, 5.74) is 2.83. The molecule has 102 valence electrons. The van der Waals surface area contributed by atoms with E-state index in [0.717, 1.165) is 29.6 Å². The van der Waals surface area contributed by atoms with E-state index in [1.165, 1.54) is 7.11 Å². The number of carbonyl (C=O) groups is 2. The molecular formula is C16H20O3. The molecule has 2 aliphatic carbocycles. The molecule has 0 N–H and O–H groups in total. The third-order valence-corrected chi connectivity index (χ3v) is 4.37. The topological polar surface area (TPSA) is 43.4 Å². The zero-order chi connectivity index (χ0) is 14.2. The maximum absolute atomic E-state index is 11.8. The van der Waals surface area contributed by atoms with E-state index >= 15 is 0 Å². The summed E-state index contributed by atoms with van der Waals surface area (Å²) in [5, 5.41) is 0. The zero-order valence-electron chi connectivity index (χ0n) is 11.9. The van der Waals surface area contributed by atoms with Crippen molar-refractivity contribution in [1.29, 1.82) is 0 Å².